The van der Waals surface area contributed by atoms with Crippen LogP contribution < -0.4 is 5.32 Å². The Morgan fingerprint density at radius 1 is 1.29 bits per heavy atom. The molecule has 0 saturated carbocycles. The molecule has 0 spiro atoms. The molecule has 1 atom stereocenters. The predicted octanol–water partition coefficient (Wildman–Crippen LogP) is 4.69. The summed E-state index contributed by atoms with van der Waals surface area (Å²) in [6, 6.07) is 4.50. The maximum Gasteiger partial charge on any atom is 0.513 e. The van der Waals surface area contributed by atoms with Gasteiger partial charge in [0.05, 0.1) is 29.0 Å². The molecule has 172 valence electrons. The van der Waals surface area contributed by atoms with E-state index in [9.17, 15) is 28.1 Å². The summed E-state index contributed by atoms with van der Waals surface area (Å²) in [5, 5.41) is 22.1. The number of rotatable bonds is 5. The van der Waals surface area contributed by atoms with E-state index in [1.165, 1.54) is 19.1 Å². The highest BCUT2D eigenvalue weighted by Crippen LogP contribution is 2.44. The molecule has 1 aromatic carbocycles. The van der Waals surface area contributed by atoms with Crippen molar-refractivity contribution in [2.24, 2.45) is 0 Å². The molecule has 2 N–H and O–H groups in total. The molecule has 1 aliphatic rings. The van der Waals surface area contributed by atoms with E-state index in [2.05, 4.69) is 10.1 Å². The van der Waals surface area contributed by atoms with Crippen molar-refractivity contribution in [3.63, 3.8) is 0 Å². The van der Waals surface area contributed by atoms with Crippen LogP contribution in [0.5, 0.6) is 0 Å². The van der Waals surface area contributed by atoms with E-state index < -0.39 is 34.4 Å². The molecule has 0 saturated heterocycles. The van der Waals surface area contributed by atoms with Crippen LogP contribution in [0.4, 0.5) is 18.0 Å². The van der Waals surface area contributed by atoms with Crippen LogP contribution in [-0.4, -0.2) is 29.9 Å². The quantitative estimate of drug-likeness (QED) is 0.383. The number of allylic oxidation sites excluding steroid dienone is 2. The second kappa shape index (κ2) is 11.3. The molecule has 2 rings (SSSR count). The van der Waals surface area contributed by atoms with E-state index in [1.807, 2.05) is 6.92 Å². The SMILES string of the molecule is CCCC1=C(OC(=O)OC)C(c2ccccc2C(F)(F)F)C([N+](=O)[O-])=C(C)N1.CCO. The molecule has 1 aromatic rings. The van der Waals surface area contributed by atoms with Crippen molar-refractivity contribution in [2.75, 3.05) is 13.7 Å². The van der Waals surface area contributed by atoms with Crippen LogP contribution >= 0.6 is 0 Å². The van der Waals surface area contributed by atoms with Gasteiger partial charge in [-0.2, -0.15) is 13.2 Å². The summed E-state index contributed by atoms with van der Waals surface area (Å²) in [7, 11) is 1.03. The van der Waals surface area contributed by atoms with Crippen molar-refractivity contribution >= 4 is 6.16 Å². The van der Waals surface area contributed by atoms with Gasteiger partial charge < -0.3 is 19.9 Å². The van der Waals surface area contributed by atoms with Crippen molar-refractivity contribution in [1.82, 2.24) is 5.32 Å². The Bertz CT molecular complexity index is 865. The third-order valence-electron chi connectivity index (χ3n) is 4.19. The molecule has 0 fully saturated rings. The van der Waals surface area contributed by atoms with E-state index in [1.54, 1.807) is 6.92 Å². The van der Waals surface area contributed by atoms with Crippen molar-refractivity contribution in [1.29, 1.82) is 0 Å². The number of methoxy groups -OCH3 is 1. The number of nitrogens with one attached hydrogen (secondary N) is 1. The Morgan fingerprint density at radius 2 is 1.87 bits per heavy atom. The first-order chi connectivity index (χ1) is 14.5. The minimum Gasteiger partial charge on any atom is -0.437 e. The van der Waals surface area contributed by atoms with Crippen LogP contribution in [0.25, 0.3) is 0 Å². The number of dihydropyridines is 1. The molecule has 1 aliphatic heterocycles. The minimum atomic E-state index is -4.75. The first kappa shape index (κ1) is 26.0. The lowest BCUT2D eigenvalue weighted by molar-refractivity contribution is -0.431. The van der Waals surface area contributed by atoms with Gasteiger partial charge in [-0.15, -0.1) is 0 Å². The van der Waals surface area contributed by atoms with Crippen LogP contribution in [0.1, 0.15) is 50.7 Å². The fourth-order valence-corrected chi connectivity index (χ4v) is 3.09. The Balaban J connectivity index is 0.00000151. The topological polar surface area (TPSA) is 111 Å². The summed E-state index contributed by atoms with van der Waals surface area (Å²) in [6.07, 6.45) is -5.06. The van der Waals surface area contributed by atoms with Gasteiger partial charge in [-0.3, -0.25) is 10.1 Å². The maximum atomic E-state index is 13.6. The molecule has 0 amide bonds. The predicted molar refractivity (Wildman–Crippen MR) is 105 cm³/mol. The van der Waals surface area contributed by atoms with Gasteiger partial charge in [0.1, 0.15) is 11.7 Å². The fourth-order valence-electron chi connectivity index (χ4n) is 3.09. The lowest BCUT2D eigenvalue weighted by atomic mass is 9.85. The Morgan fingerprint density at radius 3 is 2.35 bits per heavy atom. The second-order valence-electron chi connectivity index (χ2n) is 6.38. The number of benzene rings is 1. The average molecular weight is 446 g/mol. The maximum absolute atomic E-state index is 13.6. The van der Waals surface area contributed by atoms with E-state index >= 15 is 0 Å². The smallest absolute Gasteiger partial charge is 0.437 e. The summed E-state index contributed by atoms with van der Waals surface area (Å²) in [5.41, 5.74) is -1.59. The molecular weight excluding hydrogens is 421 g/mol. The lowest BCUT2D eigenvalue weighted by Crippen LogP contribution is -2.31. The molecule has 0 aliphatic carbocycles. The Labute approximate surface area is 177 Å². The summed E-state index contributed by atoms with van der Waals surface area (Å²) < 4.78 is 50.3. The molecule has 1 heterocycles. The molecule has 0 aromatic heterocycles. The van der Waals surface area contributed by atoms with Crippen LogP contribution in [0.15, 0.2) is 47.1 Å². The van der Waals surface area contributed by atoms with Gasteiger partial charge in [0.15, 0.2) is 0 Å². The molecule has 1 unspecified atom stereocenters. The third kappa shape index (κ3) is 6.45. The average Bonchev–Trinajstić information content (AvgIpc) is 2.69. The van der Waals surface area contributed by atoms with Gasteiger partial charge in [-0.25, -0.2) is 4.79 Å². The number of nitro groups is 1. The van der Waals surface area contributed by atoms with E-state index in [0.29, 0.717) is 12.8 Å². The molecular formula is C20H25F3N2O6. The number of carbonyl (C=O) groups is 1. The van der Waals surface area contributed by atoms with Crippen molar-refractivity contribution in [3.8, 4) is 0 Å². The van der Waals surface area contributed by atoms with E-state index in [4.69, 9.17) is 9.84 Å². The Hall–Kier alpha value is -3.08. The van der Waals surface area contributed by atoms with Gasteiger partial charge in [0, 0.05) is 6.61 Å². The van der Waals surface area contributed by atoms with Crippen LogP contribution in [0.2, 0.25) is 0 Å². The van der Waals surface area contributed by atoms with Crippen molar-refractivity contribution in [2.45, 2.75) is 45.7 Å². The van der Waals surface area contributed by atoms with Crippen molar-refractivity contribution in [3.05, 3.63) is 68.4 Å². The first-order valence-electron chi connectivity index (χ1n) is 9.41. The highest BCUT2D eigenvalue weighted by molar-refractivity contribution is 5.63. The Kier molecular flexibility index (Phi) is 9.50. The zero-order chi connectivity index (χ0) is 23.8. The normalized spacial score (nSPS) is 16.2. The summed E-state index contributed by atoms with van der Waals surface area (Å²) in [6.45, 7) is 5.14. The molecule has 8 nitrogen and oxygen atoms in total. The number of hydrogen-bond donors (Lipinski definition) is 2. The summed E-state index contributed by atoms with van der Waals surface area (Å²) >= 11 is 0. The van der Waals surface area contributed by atoms with Gasteiger partial charge >= 0.3 is 12.3 Å². The number of aliphatic hydroxyl groups excluding tert-OH is 1. The van der Waals surface area contributed by atoms with Gasteiger partial charge in [-0.05, 0) is 31.9 Å². The third-order valence-corrected chi connectivity index (χ3v) is 4.19. The fraction of sp³-hybridized carbons (Fsp3) is 0.450. The van der Waals surface area contributed by atoms with Gasteiger partial charge in [0.2, 0.25) is 0 Å². The highest BCUT2D eigenvalue weighted by atomic mass is 19.4. The standard InChI is InChI=1S/C18H19F3N2O5.C2H6O/c1-4-7-13-16(28-17(24)27-3)14(15(23(25)26)10(2)22-13)11-8-5-6-9-12(11)18(19,20)21;1-2-3/h5-6,8-9,14,22H,4,7H2,1-3H3;3H,2H2,1H3. The number of carbonyl (C=O) groups excluding carboxylic acids is 1. The molecule has 0 bridgehead atoms. The van der Waals surface area contributed by atoms with E-state index in [-0.39, 0.29) is 29.3 Å². The monoisotopic (exact) mass is 446 g/mol. The number of hydrogen-bond acceptors (Lipinski definition) is 7. The largest absolute Gasteiger partial charge is 0.513 e. The van der Waals surface area contributed by atoms with Crippen LogP contribution in [0.3, 0.4) is 0 Å². The number of nitrogens with zero attached hydrogens (tertiary/aromatic N) is 1. The second-order valence-corrected chi connectivity index (χ2v) is 6.38. The van der Waals surface area contributed by atoms with Gasteiger partial charge in [-0.1, -0.05) is 31.5 Å². The number of aliphatic hydroxyl groups is 1. The van der Waals surface area contributed by atoms with Crippen molar-refractivity contribution < 1.29 is 37.5 Å². The number of halogens is 3. The summed E-state index contributed by atoms with van der Waals surface area (Å²) in [5.74, 6) is -1.81. The molecule has 11 heteroatoms. The first-order valence-corrected chi connectivity index (χ1v) is 9.41. The molecule has 0 radical (unpaired) electrons. The lowest BCUT2D eigenvalue weighted by Gasteiger charge is -2.29. The highest BCUT2D eigenvalue weighted by Gasteiger charge is 2.45. The molecule has 31 heavy (non-hydrogen) atoms. The summed E-state index contributed by atoms with van der Waals surface area (Å²) in [4.78, 5) is 22.7. The van der Waals surface area contributed by atoms with E-state index in [0.717, 1.165) is 19.2 Å². The van der Waals surface area contributed by atoms with Gasteiger partial charge in [0.25, 0.3) is 5.70 Å². The minimum absolute atomic E-state index is 0.0765. The number of alkyl halides is 3. The number of ether oxygens (including phenoxy) is 2. The zero-order valence-corrected chi connectivity index (χ0v) is 17.6. The van der Waals surface area contributed by atoms with Crippen LogP contribution in [-0.2, 0) is 15.7 Å². The van der Waals surface area contributed by atoms with Crippen LogP contribution in [0, 0.1) is 10.1 Å². The zero-order valence-electron chi connectivity index (χ0n) is 17.6.